The van der Waals surface area contributed by atoms with Crippen molar-refractivity contribution in [3.05, 3.63) is 119 Å². The van der Waals surface area contributed by atoms with Crippen molar-refractivity contribution in [1.29, 1.82) is 0 Å². The molecule has 0 fully saturated rings. The molecule has 52 heavy (non-hydrogen) atoms. The lowest BCUT2D eigenvalue weighted by molar-refractivity contribution is 0.347. The number of hydrogen-bond donors (Lipinski definition) is 0. The minimum atomic E-state index is -0.0852. The summed E-state index contributed by atoms with van der Waals surface area (Å²) < 4.78 is 11.3. The number of ether oxygens (including phenoxy) is 1. The van der Waals surface area contributed by atoms with Gasteiger partial charge in [0, 0.05) is 46.3 Å². The second-order valence-corrected chi connectivity index (χ2v) is 17.2. The van der Waals surface area contributed by atoms with Gasteiger partial charge < -0.3 is 4.74 Å². The van der Waals surface area contributed by atoms with Crippen LogP contribution in [0.15, 0.2) is 90.6 Å². The molecule has 1 unspecified atom stereocenters. The van der Waals surface area contributed by atoms with Crippen LogP contribution in [0.5, 0.6) is 11.5 Å². The van der Waals surface area contributed by atoms with E-state index in [0.29, 0.717) is 17.8 Å². The number of allylic oxidation sites excluding steroid dienone is 2. The zero-order chi connectivity index (χ0) is 37.1. The van der Waals surface area contributed by atoms with Gasteiger partial charge in [0.2, 0.25) is 0 Å². The summed E-state index contributed by atoms with van der Waals surface area (Å²) in [6.07, 6.45) is 7.95. The minimum Gasteiger partial charge on any atom is -0.457 e. The van der Waals surface area contributed by atoms with Crippen molar-refractivity contribution in [2.45, 2.75) is 112 Å². The first-order chi connectivity index (χ1) is 24.7. The predicted molar refractivity (Wildman–Crippen MR) is 218 cm³/mol. The summed E-state index contributed by atoms with van der Waals surface area (Å²) in [6.45, 7) is 25.0. The molecule has 270 valence electrons. The molecule has 1 aliphatic rings. The Hall–Kier alpha value is -4.64. The molecule has 3 aromatic heterocycles. The highest BCUT2D eigenvalue weighted by atomic mass is 16.5. The summed E-state index contributed by atoms with van der Waals surface area (Å²) in [5, 5.41) is 7.61. The summed E-state index contributed by atoms with van der Waals surface area (Å²) >= 11 is 0. The number of hydrogen-bond acceptors (Lipinski definition) is 3. The fourth-order valence-electron chi connectivity index (χ4n) is 8.57. The molecule has 0 aliphatic heterocycles. The average molecular weight is 693 g/mol. The van der Waals surface area contributed by atoms with Gasteiger partial charge in [-0.3, -0.25) is 4.57 Å². The second kappa shape index (κ2) is 13.4. The van der Waals surface area contributed by atoms with Crippen molar-refractivity contribution >= 4 is 21.8 Å². The van der Waals surface area contributed by atoms with Gasteiger partial charge in [0.25, 0.3) is 0 Å². The van der Waals surface area contributed by atoms with Crippen LogP contribution in [0.1, 0.15) is 116 Å². The van der Waals surface area contributed by atoms with Crippen LogP contribution in [0.2, 0.25) is 0 Å². The molecule has 0 saturated carbocycles. The van der Waals surface area contributed by atoms with Gasteiger partial charge in [-0.25, -0.2) is 9.67 Å². The number of pyridine rings is 1. The second-order valence-electron chi connectivity index (χ2n) is 17.2. The van der Waals surface area contributed by atoms with E-state index < -0.39 is 0 Å². The molecular formula is C47H56N4O. The Bertz CT molecular complexity index is 2300. The Morgan fingerprint density at radius 1 is 0.788 bits per heavy atom. The van der Waals surface area contributed by atoms with E-state index in [1.54, 1.807) is 5.57 Å². The van der Waals surface area contributed by atoms with Gasteiger partial charge >= 0.3 is 0 Å². The van der Waals surface area contributed by atoms with Gasteiger partial charge in [0.1, 0.15) is 17.3 Å². The standard InChI is InChI=1S/C47H56N4O/c1-12-32-22-29(3)23-33(13-2)45(32)44-30(4)49-51(31(44)5)36-24-35(47(9,10)11)25-38(27-36)52-37-18-19-40-39-16-14-15-17-41(39)50(42(40)28-37)43-26-34(20-21-48-43)46(6,7)8/h14-22,24-29,33,45H,12-13,23H2,1-11H3/t29-,33-,45?/m0/s1. The molecule has 7 rings (SSSR count). The van der Waals surface area contributed by atoms with Gasteiger partial charge in [-0.15, -0.1) is 0 Å². The van der Waals surface area contributed by atoms with Gasteiger partial charge in [0.05, 0.1) is 22.4 Å². The summed E-state index contributed by atoms with van der Waals surface area (Å²) in [6, 6.07) is 26.0. The quantitative estimate of drug-likeness (QED) is 0.156. The number of rotatable bonds is 7. The summed E-state index contributed by atoms with van der Waals surface area (Å²) in [5.74, 6) is 4.17. The fourth-order valence-corrected chi connectivity index (χ4v) is 8.57. The van der Waals surface area contributed by atoms with E-state index >= 15 is 0 Å². The van der Waals surface area contributed by atoms with Gasteiger partial charge in [0.15, 0.2) is 0 Å². The number of aryl methyl sites for hydroxylation is 1. The van der Waals surface area contributed by atoms with Crippen molar-refractivity contribution in [2.24, 2.45) is 11.8 Å². The number of benzene rings is 3. The third-order valence-corrected chi connectivity index (χ3v) is 11.4. The highest BCUT2D eigenvalue weighted by molar-refractivity contribution is 6.09. The van der Waals surface area contributed by atoms with E-state index in [4.69, 9.17) is 14.8 Å². The third kappa shape index (κ3) is 6.48. The van der Waals surface area contributed by atoms with Gasteiger partial charge in [-0.05, 0) is 103 Å². The largest absolute Gasteiger partial charge is 0.457 e. The van der Waals surface area contributed by atoms with Crippen molar-refractivity contribution in [1.82, 2.24) is 19.3 Å². The van der Waals surface area contributed by atoms with E-state index in [1.165, 1.54) is 46.0 Å². The van der Waals surface area contributed by atoms with Crippen LogP contribution in [0.25, 0.3) is 33.3 Å². The fraction of sp³-hybridized carbons (Fsp3) is 0.404. The monoisotopic (exact) mass is 692 g/mol. The molecule has 0 radical (unpaired) electrons. The molecule has 3 atom stereocenters. The minimum absolute atomic E-state index is 0.00835. The van der Waals surface area contributed by atoms with Crippen LogP contribution < -0.4 is 4.74 Å². The first-order valence-corrected chi connectivity index (χ1v) is 19.3. The van der Waals surface area contributed by atoms with Gasteiger partial charge in [-0.2, -0.15) is 5.10 Å². The van der Waals surface area contributed by atoms with Crippen LogP contribution in [0.3, 0.4) is 0 Å². The van der Waals surface area contributed by atoms with Crippen molar-refractivity contribution in [2.75, 3.05) is 0 Å². The normalized spacial score (nSPS) is 18.3. The average Bonchev–Trinajstić information content (AvgIpc) is 3.59. The first kappa shape index (κ1) is 35.7. The Morgan fingerprint density at radius 3 is 2.23 bits per heavy atom. The molecule has 3 heterocycles. The Labute approximate surface area is 310 Å². The maximum atomic E-state index is 6.84. The van der Waals surface area contributed by atoms with Crippen LogP contribution in [0, 0.1) is 25.7 Å². The lowest BCUT2D eigenvalue weighted by atomic mass is 9.69. The molecule has 3 aromatic carbocycles. The molecule has 0 spiro atoms. The van der Waals surface area contributed by atoms with Crippen LogP contribution in [-0.4, -0.2) is 19.3 Å². The highest BCUT2D eigenvalue weighted by Crippen LogP contribution is 2.46. The smallest absolute Gasteiger partial charge is 0.137 e. The van der Waals surface area contributed by atoms with E-state index in [-0.39, 0.29) is 10.8 Å². The number of aromatic nitrogens is 4. The Morgan fingerprint density at radius 2 is 1.52 bits per heavy atom. The Balaban J connectivity index is 1.34. The van der Waals surface area contributed by atoms with Crippen LogP contribution in [0.4, 0.5) is 0 Å². The van der Waals surface area contributed by atoms with Crippen LogP contribution in [-0.2, 0) is 10.8 Å². The SMILES string of the molecule is CCC1=C[C@H](C)C[C@H](CC)C1c1c(C)nn(-c2cc(Oc3ccc4c5ccccc5n(-c5cc(C(C)(C)C)ccn5)c4c3)cc(C(C)(C)C)c2)c1C. The molecule has 5 heteroatoms. The molecule has 0 amide bonds. The molecule has 0 bridgehead atoms. The van der Waals surface area contributed by atoms with E-state index in [2.05, 4.69) is 164 Å². The maximum Gasteiger partial charge on any atom is 0.137 e. The number of nitrogens with zero attached hydrogens (tertiary/aromatic N) is 4. The zero-order valence-electron chi connectivity index (χ0n) is 33.1. The molecule has 5 nitrogen and oxygen atoms in total. The maximum absolute atomic E-state index is 6.84. The predicted octanol–water partition coefficient (Wildman–Crippen LogP) is 12.9. The van der Waals surface area contributed by atoms with Crippen LogP contribution >= 0.6 is 0 Å². The van der Waals surface area contributed by atoms with E-state index in [9.17, 15) is 0 Å². The third-order valence-electron chi connectivity index (χ3n) is 11.4. The van der Waals surface area contributed by atoms with E-state index in [0.717, 1.165) is 46.2 Å². The topological polar surface area (TPSA) is 44.9 Å². The molecule has 1 aliphatic carbocycles. The molecule has 0 saturated heterocycles. The first-order valence-electron chi connectivity index (χ1n) is 19.3. The highest BCUT2D eigenvalue weighted by Gasteiger charge is 2.34. The summed E-state index contributed by atoms with van der Waals surface area (Å²) in [4.78, 5) is 4.88. The van der Waals surface area contributed by atoms with E-state index in [1.807, 2.05) is 6.20 Å². The summed E-state index contributed by atoms with van der Waals surface area (Å²) in [7, 11) is 0. The van der Waals surface area contributed by atoms with Crippen molar-refractivity contribution < 1.29 is 4.74 Å². The molecular weight excluding hydrogens is 637 g/mol. The molecule has 6 aromatic rings. The lowest BCUT2D eigenvalue weighted by Crippen LogP contribution is -2.23. The van der Waals surface area contributed by atoms with Gasteiger partial charge in [-0.1, -0.05) is 98.6 Å². The number of fused-ring (bicyclic) bond motifs is 3. The van der Waals surface area contributed by atoms with Crippen molar-refractivity contribution in [3.8, 4) is 23.0 Å². The lowest BCUT2D eigenvalue weighted by Gasteiger charge is -2.35. The van der Waals surface area contributed by atoms with Crippen molar-refractivity contribution in [3.63, 3.8) is 0 Å². The zero-order valence-corrected chi connectivity index (χ0v) is 33.1. The Kier molecular flexibility index (Phi) is 9.21. The number of para-hydroxylation sites is 1. The summed E-state index contributed by atoms with van der Waals surface area (Å²) in [5.41, 5.74) is 10.9. The molecule has 0 N–H and O–H groups in total.